The summed E-state index contributed by atoms with van der Waals surface area (Å²) in [6, 6.07) is 8.00. The second-order valence-corrected chi connectivity index (χ2v) is 5.39. The van der Waals surface area contributed by atoms with Crippen LogP contribution >= 0.6 is 15.9 Å². The smallest absolute Gasteiger partial charge is 0.225 e. The summed E-state index contributed by atoms with van der Waals surface area (Å²) in [6.45, 7) is 8.31. The van der Waals surface area contributed by atoms with Gasteiger partial charge >= 0.3 is 0 Å². The molecule has 1 aromatic carbocycles. The minimum absolute atomic E-state index is 0.599. The number of halogens is 1. The van der Waals surface area contributed by atoms with Crippen LogP contribution in [0.4, 0.5) is 17.5 Å². The molecule has 0 bridgehead atoms. The lowest BCUT2D eigenvalue weighted by Gasteiger charge is -2.11. The van der Waals surface area contributed by atoms with E-state index in [1.807, 2.05) is 25.1 Å². The largest absolute Gasteiger partial charge is 0.351 e. The maximum Gasteiger partial charge on any atom is 0.225 e. The third kappa shape index (κ3) is 3.81. The van der Waals surface area contributed by atoms with Gasteiger partial charge in [-0.15, -0.1) is 6.58 Å². The molecule has 0 unspecified atom stereocenters. The first-order chi connectivity index (χ1) is 9.58. The van der Waals surface area contributed by atoms with Gasteiger partial charge in [0.05, 0.1) is 0 Å². The number of benzene rings is 1. The van der Waals surface area contributed by atoms with Crippen molar-refractivity contribution >= 4 is 33.4 Å². The predicted molar refractivity (Wildman–Crippen MR) is 87.6 cm³/mol. The fourth-order valence-corrected chi connectivity index (χ4v) is 2.26. The van der Waals surface area contributed by atoms with Gasteiger partial charge < -0.3 is 10.6 Å². The van der Waals surface area contributed by atoms with E-state index in [2.05, 4.69) is 56.1 Å². The van der Waals surface area contributed by atoms with Crippen LogP contribution in [0.3, 0.4) is 0 Å². The monoisotopic (exact) mass is 332 g/mol. The van der Waals surface area contributed by atoms with E-state index in [4.69, 9.17) is 0 Å². The van der Waals surface area contributed by atoms with Crippen LogP contribution in [0.2, 0.25) is 0 Å². The molecule has 5 heteroatoms. The summed E-state index contributed by atoms with van der Waals surface area (Å²) in [5, 5.41) is 6.42. The molecule has 0 spiro atoms. The van der Waals surface area contributed by atoms with Crippen molar-refractivity contribution in [2.75, 3.05) is 17.2 Å². The maximum atomic E-state index is 4.44. The van der Waals surface area contributed by atoms with E-state index < -0.39 is 0 Å². The molecule has 0 fully saturated rings. The molecule has 104 valence electrons. The highest BCUT2D eigenvalue weighted by molar-refractivity contribution is 9.10. The molecule has 2 aromatic rings. The summed E-state index contributed by atoms with van der Waals surface area (Å²) < 4.78 is 1.06. The van der Waals surface area contributed by atoms with Crippen LogP contribution in [0.1, 0.15) is 11.3 Å². The van der Waals surface area contributed by atoms with Crippen molar-refractivity contribution in [2.45, 2.75) is 13.8 Å². The Balaban J connectivity index is 2.23. The third-order valence-electron chi connectivity index (χ3n) is 2.71. The molecular formula is C15H17BrN4. The van der Waals surface area contributed by atoms with Gasteiger partial charge in [-0.05, 0) is 37.6 Å². The first-order valence-corrected chi connectivity index (χ1v) is 7.11. The summed E-state index contributed by atoms with van der Waals surface area (Å²) >= 11 is 3.46. The van der Waals surface area contributed by atoms with E-state index in [0.717, 1.165) is 27.2 Å². The zero-order valence-electron chi connectivity index (χ0n) is 11.6. The Bertz CT molecular complexity index is 625. The Morgan fingerprint density at radius 1 is 1.25 bits per heavy atom. The number of aromatic nitrogens is 2. The maximum absolute atomic E-state index is 4.44. The number of rotatable bonds is 5. The van der Waals surface area contributed by atoms with Crippen LogP contribution < -0.4 is 10.6 Å². The van der Waals surface area contributed by atoms with Crippen LogP contribution in [0.25, 0.3) is 0 Å². The lowest BCUT2D eigenvalue weighted by atomic mass is 10.2. The van der Waals surface area contributed by atoms with Crippen LogP contribution in [0.5, 0.6) is 0 Å². The topological polar surface area (TPSA) is 49.8 Å². The van der Waals surface area contributed by atoms with Crippen molar-refractivity contribution in [3.8, 4) is 0 Å². The number of anilines is 3. The summed E-state index contributed by atoms with van der Waals surface area (Å²) in [4.78, 5) is 8.77. The van der Waals surface area contributed by atoms with E-state index in [0.29, 0.717) is 12.5 Å². The molecule has 1 aromatic heterocycles. The van der Waals surface area contributed by atoms with Crippen molar-refractivity contribution in [2.24, 2.45) is 0 Å². The van der Waals surface area contributed by atoms with Crippen LogP contribution in [0, 0.1) is 13.8 Å². The molecule has 2 rings (SSSR count). The number of nitrogens with one attached hydrogen (secondary N) is 2. The van der Waals surface area contributed by atoms with E-state index >= 15 is 0 Å². The Morgan fingerprint density at radius 2 is 2.05 bits per heavy atom. The zero-order chi connectivity index (χ0) is 14.5. The summed E-state index contributed by atoms with van der Waals surface area (Å²) in [5.41, 5.74) is 3.08. The predicted octanol–water partition coefficient (Wildman–Crippen LogP) is 4.20. The minimum Gasteiger partial charge on any atom is -0.351 e. The Kier molecular flexibility index (Phi) is 4.74. The van der Waals surface area contributed by atoms with Crippen molar-refractivity contribution in [3.05, 3.63) is 52.7 Å². The average Bonchev–Trinajstić information content (AvgIpc) is 2.39. The molecule has 0 aliphatic carbocycles. The SMILES string of the molecule is C=CCNc1nc(C)cc(Nc2ccc(Br)cc2C)n1. The van der Waals surface area contributed by atoms with Gasteiger partial charge in [0, 0.05) is 28.5 Å². The van der Waals surface area contributed by atoms with E-state index in [1.165, 1.54) is 0 Å². The summed E-state index contributed by atoms with van der Waals surface area (Å²) in [6.07, 6.45) is 1.78. The van der Waals surface area contributed by atoms with Gasteiger partial charge in [0.2, 0.25) is 5.95 Å². The van der Waals surface area contributed by atoms with E-state index in [9.17, 15) is 0 Å². The number of nitrogens with zero attached hydrogens (tertiary/aromatic N) is 2. The van der Waals surface area contributed by atoms with Crippen molar-refractivity contribution in [1.82, 2.24) is 9.97 Å². The molecule has 0 saturated heterocycles. The Labute approximate surface area is 127 Å². The van der Waals surface area contributed by atoms with E-state index in [-0.39, 0.29) is 0 Å². The number of hydrogen-bond donors (Lipinski definition) is 2. The second kappa shape index (κ2) is 6.52. The molecule has 0 aliphatic rings. The van der Waals surface area contributed by atoms with Gasteiger partial charge in [0.1, 0.15) is 5.82 Å². The molecule has 20 heavy (non-hydrogen) atoms. The zero-order valence-corrected chi connectivity index (χ0v) is 13.2. The van der Waals surface area contributed by atoms with Gasteiger partial charge in [0.25, 0.3) is 0 Å². The molecule has 0 radical (unpaired) electrons. The second-order valence-electron chi connectivity index (χ2n) is 4.47. The third-order valence-corrected chi connectivity index (χ3v) is 3.20. The first-order valence-electron chi connectivity index (χ1n) is 6.32. The standard InChI is InChI=1S/C15H17BrN4/c1-4-7-17-15-18-11(3)9-14(20-15)19-13-6-5-12(16)8-10(13)2/h4-6,8-9H,1,7H2,2-3H3,(H2,17,18,19,20). The number of aryl methyl sites for hydroxylation is 2. The van der Waals surface area contributed by atoms with E-state index in [1.54, 1.807) is 6.08 Å². The fourth-order valence-electron chi connectivity index (χ4n) is 1.78. The van der Waals surface area contributed by atoms with Gasteiger partial charge in [-0.25, -0.2) is 4.98 Å². The fraction of sp³-hybridized carbons (Fsp3) is 0.200. The normalized spacial score (nSPS) is 10.2. The molecule has 1 heterocycles. The van der Waals surface area contributed by atoms with Crippen molar-refractivity contribution < 1.29 is 0 Å². The van der Waals surface area contributed by atoms with Gasteiger partial charge in [-0.3, -0.25) is 0 Å². The molecular weight excluding hydrogens is 316 g/mol. The van der Waals surface area contributed by atoms with Crippen LogP contribution in [0.15, 0.2) is 41.4 Å². The molecule has 0 atom stereocenters. The highest BCUT2D eigenvalue weighted by Crippen LogP contribution is 2.23. The molecule has 0 amide bonds. The summed E-state index contributed by atoms with van der Waals surface area (Å²) in [5.74, 6) is 1.37. The highest BCUT2D eigenvalue weighted by atomic mass is 79.9. The van der Waals surface area contributed by atoms with Crippen molar-refractivity contribution in [1.29, 1.82) is 0 Å². The quantitative estimate of drug-likeness (QED) is 0.805. The Hall–Kier alpha value is -1.88. The van der Waals surface area contributed by atoms with Gasteiger partial charge in [-0.1, -0.05) is 22.0 Å². The van der Waals surface area contributed by atoms with Crippen molar-refractivity contribution in [3.63, 3.8) is 0 Å². The van der Waals surface area contributed by atoms with Crippen LogP contribution in [-0.2, 0) is 0 Å². The molecule has 2 N–H and O–H groups in total. The molecule has 0 saturated carbocycles. The lowest BCUT2D eigenvalue weighted by Crippen LogP contribution is -2.06. The highest BCUT2D eigenvalue weighted by Gasteiger charge is 2.04. The van der Waals surface area contributed by atoms with Gasteiger partial charge in [-0.2, -0.15) is 4.98 Å². The van der Waals surface area contributed by atoms with Gasteiger partial charge in [0.15, 0.2) is 0 Å². The molecule has 4 nitrogen and oxygen atoms in total. The Morgan fingerprint density at radius 3 is 2.75 bits per heavy atom. The summed E-state index contributed by atoms with van der Waals surface area (Å²) in [7, 11) is 0. The number of hydrogen-bond acceptors (Lipinski definition) is 4. The molecule has 0 aliphatic heterocycles. The lowest BCUT2D eigenvalue weighted by molar-refractivity contribution is 1.08. The minimum atomic E-state index is 0.599. The van der Waals surface area contributed by atoms with Crippen LogP contribution in [-0.4, -0.2) is 16.5 Å². The first kappa shape index (κ1) is 14.5. The average molecular weight is 333 g/mol.